The fourth-order valence-corrected chi connectivity index (χ4v) is 5.85. The summed E-state index contributed by atoms with van der Waals surface area (Å²) >= 11 is 0. The Morgan fingerprint density at radius 2 is 1.67 bits per heavy atom. The Hall–Kier alpha value is -1.83. The average Bonchev–Trinajstić information content (AvgIpc) is 2.93. The molecule has 2 rings (SSSR count). The van der Waals surface area contributed by atoms with Crippen LogP contribution in [0, 0.1) is 17.3 Å². The van der Waals surface area contributed by atoms with Crippen LogP contribution in [0.2, 0.25) is 0 Å². The van der Waals surface area contributed by atoms with Gasteiger partial charge in [0.25, 0.3) is 0 Å². The Bertz CT molecular complexity index is 800. The molecule has 1 aliphatic heterocycles. The first-order valence-corrected chi connectivity index (χ1v) is 15.2. The van der Waals surface area contributed by atoms with E-state index in [4.69, 9.17) is 18.9 Å². The molecular formula is C32H56N2O5. The molecule has 1 saturated heterocycles. The molecule has 0 aliphatic carbocycles. The van der Waals surface area contributed by atoms with E-state index in [2.05, 4.69) is 50.0 Å². The minimum atomic E-state index is -0.315. The predicted molar refractivity (Wildman–Crippen MR) is 159 cm³/mol. The van der Waals surface area contributed by atoms with E-state index in [1.54, 1.807) is 14.2 Å². The highest BCUT2D eigenvalue weighted by atomic mass is 16.5. The van der Waals surface area contributed by atoms with Gasteiger partial charge in [0, 0.05) is 39.8 Å². The molecule has 1 aliphatic rings. The van der Waals surface area contributed by atoms with Gasteiger partial charge < -0.3 is 24.3 Å². The van der Waals surface area contributed by atoms with Gasteiger partial charge in [0.15, 0.2) is 11.5 Å². The Balaban J connectivity index is 1.78. The zero-order chi connectivity index (χ0) is 28.5. The van der Waals surface area contributed by atoms with Crippen molar-refractivity contribution in [2.24, 2.45) is 17.3 Å². The largest absolute Gasteiger partial charge is 0.493 e. The molecule has 1 aromatic carbocycles. The predicted octanol–water partition coefficient (Wildman–Crippen LogP) is 5.74. The standard InChI is InChI=1S/C32H56N2O5/c1-26(2)32(27(3)4,31(35)33-17-11-18-34-19-23-38-24-20-34)16-10-8-7-9-13-28-14-15-29(37-6)30(25-28)39-22-12-21-36-5/h14-15,25-27H,7-13,16-24H2,1-6H3,(H,33,35). The summed E-state index contributed by atoms with van der Waals surface area (Å²) in [4.78, 5) is 16.0. The number of nitrogens with zero attached hydrogens (tertiary/aromatic N) is 1. The van der Waals surface area contributed by atoms with Crippen LogP contribution in [-0.4, -0.2) is 77.6 Å². The summed E-state index contributed by atoms with van der Waals surface area (Å²) in [6.45, 7) is 15.6. The van der Waals surface area contributed by atoms with E-state index in [9.17, 15) is 4.79 Å². The fraction of sp³-hybridized carbons (Fsp3) is 0.781. The molecular weight excluding hydrogens is 492 g/mol. The quantitative estimate of drug-likeness (QED) is 0.210. The molecule has 224 valence electrons. The van der Waals surface area contributed by atoms with Crippen LogP contribution in [0.4, 0.5) is 0 Å². The Morgan fingerprint density at radius 1 is 0.949 bits per heavy atom. The summed E-state index contributed by atoms with van der Waals surface area (Å²) in [6.07, 6.45) is 8.30. The summed E-state index contributed by atoms with van der Waals surface area (Å²) in [7, 11) is 3.38. The van der Waals surface area contributed by atoms with Crippen molar-refractivity contribution in [1.82, 2.24) is 10.2 Å². The van der Waals surface area contributed by atoms with Crippen molar-refractivity contribution in [1.29, 1.82) is 0 Å². The number of carbonyl (C=O) groups is 1. The number of amides is 1. The maximum Gasteiger partial charge on any atom is 0.226 e. The summed E-state index contributed by atoms with van der Waals surface area (Å²) in [5.74, 6) is 2.43. The molecule has 39 heavy (non-hydrogen) atoms. The highest BCUT2D eigenvalue weighted by Crippen LogP contribution is 2.41. The van der Waals surface area contributed by atoms with Crippen LogP contribution in [0.3, 0.4) is 0 Å². The summed E-state index contributed by atoms with van der Waals surface area (Å²) in [5, 5.41) is 3.31. The van der Waals surface area contributed by atoms with E-state index in [-0.39, 0.29) is 11.3 Å². The number of hydrogen-bond donors (Lipinski definition) is 1. The van der Waals surface area contributed by atoms with Crippen molar-refractivity contribution in [3.63, 3.8) is 0 Å². The third-order valence-corrected chi connectivity index (χ3v) is 8.31. The van der Waals surface area contributed by atoms with Crippen molar-refractivity contribution < 1.29 is 23.7 Å². The molecule has 1 amide bonds. The molecule has 1 heterocycles. The molecule has 1 fully saturated rings. The Kier molecular flexibility index (Phi) is 15.8. The average molecular weight is 549 g/mol. The number of ether oxygens (including phenoxy) is 4. The highest BCUT2D eigenvalue weighted by Gasteiger charge is 2.43. The first kappa shape index (κ1) is 33.4. The third-order valence-electron chi connectivity index (χ3n) is 8.31. The SMILES string of the molecule is COCCCOc1cc(CCCCCCC(C(=O)NCCCN2CCOCC2)(C(C)C)C(C)C)ccc1OC. The van der Waals surface area contributed by atoms with Gasteiger partial charge in [-0.05, 0) is 61.8 Å². The number of rotatable bonds is 20. The van der Waals surface area contributed by atoms with Crippen molar-refractivity contribution in [3.8, 4) is 11.5 Å². The first-order valence-electron chi connectivity index (χ1n) is 15.2. The molecule has 1 aromatic rings. The first-order chi connectivity index (χ1) is 18.8. The van der Waals surface area contributed by atoms with Crippen molar-refractivity contribution in [3.05, 3.63) is 23.8 Å². The van der Waals surface area contributed by atoms with Gasteiger partial charge in [-0.1, -0.05) is 53.0 Å². The molecule has 0 atom stereocenters. The summed E-state index contributed by atoms with van der Waals surface area (Å²) < 4.78 is 21.9. The number of hydrogen-bond acceptors (Lipinski definition) is 6. The lowest BCUT2D eigenvalue weighted by Gasteiger charge is -2.40. The number of carbonyl (C=O) groups excluding carboxylic acids is 1. The smallest absolute Gasteiger partial charge is 0.226 e. The number of unbranched alkanes of at least 4 members (excludes halogenated alkanes) is 3. The van der Waals surface area contributed by atoms with E-state index >= 15 is 0 Å². The van der Waals surface area contributed by atoms with Crippen LogP contribution in [-0.2, 0) is 20.7 Å². The van der Waals surface area contributed by atoms with Gasteiger partial charge in [0.05, 0.1) is 32.3 Å². The van der Waals surface area contributed by atoms with Gasteiger partial charge >= 0.3 is 0 Å². The molecule has 0 aromatic heterocycles. The van der Waals surface area contributed by atoms with Gasteiger partial charge in [-0.15, -0.1) is 0 Å². The van der Waals surface area contributed by atoms with Crippen LogP contribution in [0.5, 0.6) is 11.5 Å². The lowest BCUT2D eigenvalue weighted by Crippen LogP contribution is -2.48. The second-order valence-corrected chi connectivity index (χ2v) is 11.5. The van der Waals surface area contributed by atoms with E-state index < -0.39 is 0 Å². The lowest BCUT2D eigenvalue weighted by atomic mass is 9.65. The number of benzene rings is 1. The minimum absolute atomic E-state index is 0.241. The van der Waals surface area contributed by atoms with Gasteiger partial charge in [-0.25, -0.2) is 0 Å². The topological polar surface area (TPSA) is 69.3 Å². The molecule has 0 radical (unpaired) electrons. The second-order valence-electron chi connectivity index (χ2n) is 11.5. The Morgan fingerprint density at radius 3 is 2.33 bits per heavy atom. The van der Waals surface area contributed by atoms with E-state index in [1.165, 1.54) is 5.56 Å². The van der Waals surface area contributed by atoms with Crippen LogP contribution < -0.4 is 14.8 Å². The maximum atomic E-state index is 13.5. The van der Waals surface area contributed by atoms with Gasteiger partial charge in [-0.2, -0.15) is 0 Å². The number of aryl methyl sites for hydroxylation is 1. The van der Waals surface area contributed by atoms with Crippen molar-refractivity contribution in [2.45, 2.75) is 79.1 Å². The highest BCUT2D eigenvalue weighted by molar-refractivity contribution is 5.83. The third kappa shape index (κ3) is 10.9. The summed E-state index contributed by atoms with van der Waals surface area (Å²) in [5.41, 5.74) is 0.956. The van der Waals surface area contributed by atoms with Crippen LogP contribution in [0.1, 0.15) is 78.2 Å². The maximum absolute atomic E-state index is 13.5. The van der Waals surface area contributed by atoms with Crippen molar-refractivity contribution >= 4 is 5.91 Å². The van der Waals surface area contributed by atoms with Crippen LogP contribution in [0.15, 0.2) is 18.2 Å². The van der Waals surface area contributed by atoms with Crippen LogP contribution >= 0.6 is 0 Å². The minimum Gasteiger partial charge on any atom is -0.493 e. The number of nitrogens with one attached hydrogen (secondary N) is 1. The number of methoxy groups -OCH3 is 2. The molecule has 0 saturated carbocycles. The second kappa shape index (κ2) is 18.5. The molecule has 7 heteroatoms. The van der Waals surface area contributed by atoms with E-state index in [0.717, 1.165) is 102 Å². The fourth-order valence-electron chi connectivity index (χ4n) is 5.85. The summed E-state index contributed by atoms with van der Waals surface area (Å²) in [6, 6.07) is 6.24. The van der Waals surface area contributed by atoms with Crippen LogP contribution in [0.25, 0.3) is 0 Å². The van der Waals surface area contributed by atoms with Gasteiger partial charge in [0.2, 0.25) is 5.91 Å². The normalized spacial score (nSPS) is 14.7. The van der Waals surface area contributed by atoms with Gasteiger partial charge in [0.1, 0.15) is 0 Å². The van der Waals surface area contributed by atoms with E-state index in [1.807, 2.05) is 6.07 Å². The zero-order valence-electron chi connectivity index (χ0n) is 25.7. The molecule has 0 bridgehead atoms. The van der Waals surface area contributed by atoms with Gasteiger partial charge in [-0.3, -0.25) is 9.69 Å². The number of morpholine rings is 1. The van der Waals surface area contributed by atoms with Crippen molar-refractivity contribution in [2.75, 3.05) is 66.8 Å². The molecule has 0 spiro atoms. The molecule has 1 N–H and O–H groups in total. The molecule has 0 unspecified atom stereocenters. The van der Waals surface area contributed by atoms with E-state index in [0.29, 0.717) is 25.0 Å². The lowest BCUT2D eigenvalue weighted by molar-refractivity contribution is -0.137. The zero-order valence-corrected chi connectivity index (χ0v) is 25.7. The monoisotopic (exact) mass is 548 g/mol. The molecule has 7 nitrogen and oxygen atoms in total. The Labute approximate surface area is 238 Å².